The SMILES string of the molecule is O=C(O)C1(C(=O)O)CCC1CCCO. The Morgan fingerprint density at radius 1 is 1.29 bits per heavy atom. The highest BCUT2D eigenvalue weighted by atomic mass is 16.4. The Labute approximate surface area is 81.4 Å². The normalized spacial score (nSPS) is 23.9. The Kier molecular flexibility index (Phi) is 3.10. The van der Waals surface area contributed by atoms with Crippen LogP contribution in [0.5, 0.6) is 0 Å². The predicted molar refractivity (Wildman–Crippen MR) is 46.7 cm³/mol. The average Bonchev–Trinajstić information content (AvgIpc) is 2.02. The number of carbonyl (C=O) groups is 2. The molecule has 0 aromatic rings. The third-order valence-corrected chi connectivity index (χ3v) is 3.06. The molecule has 0 amide bonds. The van der Waals surface area contributed by atoms with E-state index >= 15 is 0 Å². The summed E-state index contributed by atoms with van der Waals surface area (Å²) in [5, 5.41) is 26.3. The van der Waals surface area contributed by atoms with Gasteiger partial charge in [0.1, 0.15) is 0 Å². The first-order chi connectivity index (χ1) is 6.55. The highest BCUT2D eigenvalue weighted by molar-refractivity contribution is 5.99. The number of hydrogen-bond donors (Lipinski definition) is 3. The molecule has 3 N–H and O–H groups in total. The Morgan fingerprint density at radius 3 is 2.14 bits per heavy atom. The van der Waals surface area contributed by atoms with Crippen LogP contribution in [0.1, 0.15) is 25.7 Å². The van der Waals surface area contributed by atoms with Gasteiger partial charge in [-0.15, -0.1) is 0 Å². The van der Waals surface area contributed by atoms with Crippen molar-refractivity contribution in [3.63, 3.8) is 0 Å². The molecule has 14 heavy (non-hydrogen) atoms. The van der Waals surface area contributed by atoms with Crippen molar-refractivity contribution in [2.45, 2.75) is 25.7 Å². The van der Waals surface area contributed by atoms with Crippen molar-refractivity contribution >= 4 is 11.9 Å². The van der Waals surface area contributed by atoms with E-state index in [2.05, 4.69) is 0 Å². The van der Waals surface area contributed by atoms with E-state index in [1.807, 2.05) is 0 Å². The summed E-state index contributed by atoms with van der Waals surface area (Å²) in [6, 6.07) is 0. The Hall–Kier alpha value is -1.10. The maximum Gasteiger partial charge on any atom is 0.321 e. The van der Waals surface area contributed by atoms with Gasteiger partial charge in [-0.2, -0.15) is 0 Å². The molecule has 1 aliphatic carbocycles. The molecule has 80 valence electrons. The van der Waals surface area contributed by atoms with E-state index in [0.717, 1.165) is 0 Å². The Balaban J connectivity index is 2.70. The van der Waals surface area contributed by atoms with Crippen LogP contribution in [0.4, 0.5) is 0 Å². The minimum absolute atomic E-state index is 0.0220. The summed E-state index contributed by atoms with van der Waals surface area (Å²) in [5.74, 6) is -2.83. The van der Waals surface area contributed by atoms with Crippen LogP contribution in [0.2, 0.25) is 0 Å². The molecular weight excluding hydrogens is 188 g/mol. The topological polar surface area (TPSA) is 94.8 Å². The van der Waals surface area contributed by atoms with Gasteiger partial charge < -0.3 is 15.3 Å². The van der Waals surface area contributed by atoms with E-state index in [1.165, 1.54) is 0 Å². The first-order valence-corrected chi connectivity index (χ1v) is 4.63. The van der Waals surface area contributed by atoms with Crippen LogP contribution in [0.3, 0.4) is 0 Å². The zero-order valence-corrected chi connectivity index (χ0v) is 7.77. The van der Waals surface area contributed by atoms with Crippen molar-refractivity contribution in [2.24, 2.45) is 11.3 Å². The molecule has 1 fully saturated rings. The van der Waals surface area contributed by atoms with E-state index in [9.17, 15) is 9.59 Å². The van der Waals surface area contributed by atoms with Crippen molar-refractivity contribution in [3.05, 3.63) is 0 Å². The number of aliphatic hydroxyl groups excluding tert-OH is 1. The maximum atomic E-state index is 10.9. The molecular formula is C9H14O5. The molecule has 0 bridgehead atoms. The molecule has 0 aromatic carbocycles. The third-order valence-electron chi connectivity index (χ3n) is 3.06. The number of aliphatic hydroxyl groups is 1. The predicted octanol–water partition coefficient (Wildman–Crippen LogP) is 0.324. The molecule has 0 heterocycles. The van der Waals surface area contributed by atoms with Crippen molar-refractivity contribution < 1.29 is 24.9 Å². The van der Waals surface area contributed by atoms with Gasteiger partial charge in [0.05, 0.1) is 0 Å². The zero-order chi connectivity index (χ0) is 10.8. The largest absolute Gasteiger partial charge is 0.480 e. The van der Waals surface area contributed by atoms with Crippen LogP contribution in [0.15, 0.2) is 0 Å². The van der Waals surface area contributed by atoms with E-state index in [4.69, 9.17) is 15.3 Å². The molecule has 0 spiro atoms. The molecule has 0 radical (unpaired) electrons. The van der Waals surface area contributed by atoms with Crippen LogP contribution < -0.4 is 0 Å². The molecule has 1 aliphatic rings. The van der Waals surface area contributed by atoms with Gasteiger partial charge in [0.25, 0.3) is 0 Å². The van der Waals surface area contributed by atoms with Crippen molar-refractivity contribution in [3.8, 4) is 0 Å². The van der Waals surface area contributed by atoms with Crippen molar-refractivity contribution in [1.29, 1.82) is 0 Å². The summed E-state index contributed by atoms with van der Waals surface area (Å²) < 4.78 is 0. The first-order valence-electron chi connectivity index (χ1n) is 4.63. The molecule has 1 rings (SSSR count). The van der Waals surface area contributed by atoms with Crippen LogP contribution in [-0.4, -0.2) is 33.9 Å². The summed E-state index contributed by atoms with van der Waals surface area (Å²) in [4.78, 5) is 21.8. The van der Waals surface area contributed by atoms with Gasteiger partial charge in [-0.1, -0.05) is 0 Å². The quantitative estimate of drug-likeness (QED) is 0.558. The molecule has 5 heteroatoms. The lowest BCUT2D eigenvalue weighted by atomic mass is 9.58. The summed E-state index contributed by atoms with van der Waals surface area (Å²) >= 11 is 0. The van der Waals surface area contributed by atoms with Gasteiger partial charge in [-0.05, 0) is 31.6 Å². The second-order valence-corrected chi connectivity index (χ2v) is 3.68. The fraction of sp³-hybridized carbons (Fsp3) is 0.778. The highest BCUT2D eigenvalue weighted by Gasteiger charge is 2.58. The first kappa shape index (κ1) is 11.0. The third kappa shape index (κ3) is 1.48. The smallest absolute Gasteiger partial charge is 0.321 e. The van der Waals surface area contributed by atoms with Crippen molar-refractivity contribution in [1.82, 2.24) is 0 Å². The van der Waals surface area contributed by atoms with Gasteiger partial charge in [0.2, 0.25) is 0 Å². The number of hydrogen-bond acceptors (Lipinski definition) is 3. The second-order valence-electron chi connectivity index (χ2n) is 3.68. The Bertz CT molecular complexity index is 234. The summed E-state index contributed by atoms with van der Waals surface area (Å²) in [5.41, 5.74) is -1.59. The number of carboxylic acids is 2. The monoisotopic (exact) mass is 202 g/mol. The molecule has 1 atom stereocenters. The molecule has 5 nitrogen and oxygen atoms in total. The fourth-order valence-electron chi connectivity index (χ4n) is 2.02. The highest BCUT2D eigenvalue weighted by Crippen LogP contribution is 2.49. The lowest BCUT2D eigenvalue weighted by Crippen LogP contribution is -2.52. The minimum atomic E-state index is -1.59. The van der Waals surface area contributed by atoms with Gasteiger partial charge in [-0.3, -0.25) is 9.59 Å². The van der Waals surface area contributed by atoms with E-state index < -0.39 is 17.4 Å². The number of aliphatic carboxylic acids is 2. The van der Waals surface area contributed by atoms with Gasteiger partial charge >= 0.3 is 11.9 Å². The standard InChI is InChI=1S/C9H14O5/c10-5-1-2-6-3-4-9(6,7(11)12)8(13)14/h6,10H,1-5H2,(H,11,12)(H,13,14). The van der Waals surface area contributed by atoms with Gasteiger partial charge in [-0.25, -0.2) is 0 Å². The molecule has 1 unspecified atom stereocenters. The van der Waals surface area contributed by atoms with E-state index in [1.54, 1.807) is 0 Å². The molecule has 0 aromatic heterocycles. The zero-order valence-electron chi connectivity index (χ0n) is 7.77. The van der Waals surface area contributed by atoms with Crippen LogP contribution in [0.25, 0.3) is 0 Å². The average molecular weight is 202 g/mol. The summed E-state index contributed by atoms with van der Waals surface area (Å²) in [6.45, 7) is -0.0220. The van der Waals surface area contributed by atoms with Crippen LogP contribution in [-0.2, 0) is 9.59 Å². The van der Waals surface area contributed by atoms with Gasteiger partial charge in [0.15, 0.2) is 5.41 Å². The molecule has 0 saturated heterocycles. The fourth-order valence-corrected chi connectivity index (χ4v) is 2.02. The number of carboxylic acid groups (broad SMARTS) is 2. The molecule has 0 aliphatic heterocycles. The Morgan fingerprint density at radius 2 is 1.86 bits per heavy atom. The van der Waals surface area contributed by atoms with E-state index in [0.29, 0.717) is 19.3 Å². The second kappa shape index (κ2) is 3.96. The van der Waals surface area contributed by atoms with Crippen molar-refractivity contribution in [2.75, 3.05) is 6.61 Å². The lowest BCUT2D eigenvalue weighted by Gasteiger charge is -2.42. The van der Waals surface area contributed by atoms with Crippen LogP contribution >= 0.6 is 0 Å². The summed E-state index contributed by atoms with van der Waals surface area (Å²) in [7, 11) is 0. The lowest BCUT2D eigenvalue weighted by molar-refractivity contribution is -0.179. The molecule has 1 saturated carbocycles. The summed E-state index contributed by atoms with van der Waals surface area (Å²) in [6.07, 6.45) is 1.76. The van der Waals surface area contributed by atoms with E-state index in [-0.39, 0.29) is 18.9 Å². The van der Waals surface area contributed by atoms with Crippen LogP contribution in [0, 0.1) is 11.3 Å². The minimum Gasteiger partial charge on any atom is -0.480 e. The number of rotatable bonds is 5. The van der Waals surface area contributed by atoms with Gasteiger partial charge in [0, 0.05) is 6.61 Å². The maximum absolute atomic E-state index is 10.9.